The highest BCUT2D eigenvalue weighted by atomic mass is 32.1. The van der Waals surface area contributed by atoms with Crippen molar-refractivity contribution < 1.29 is 4.79 Å². The largest absolute Gasteiger partial charge is 0.397 e. The topological polar surface area (TPSA) is 118 Å². The molecular formula is C21H17N5OS2. The SMILES string of the molecule is CC(NC(=O)c1sc2nc(N)c(C#N)c(-c3ccsc3)c2c1N)c1ccccc1. The number of benzene rings is 1. The van der Waals surface area contributed by atoms with E-state index in [4.69, 9.17) is 11.5 Å². The maximum absolute atomic E-state index is 13.0. The molecule has 0 bridgehead atoms. The quantitative estimate of drug-likeness (QED) is 0.448. The molecule has 1 amide bonds. The molecule has 144 valence electrons. The van der Waals surface area contributed by atoms with Gasteiger partial charge in [0.25, 0.3) is 5.91 Å². The van der Waals surface area contributed by atoms with Gasteiger partial charge in [0.15, 0.2) is 0 Å². The second-order valence-corrected chi connectivity index (χ2v) is 8.28. The lowest BCUT2D eigenvalue weighted by molar-refractivity contribution is 0.0945. The van der Waals surface area contributed by atoms with Crippen LogP contribution in [0.5, 0.6) is 0 Å². The number of aromatic nitrogens is 1. The fourth-order valence-corrected chi connectivity index (χ4v) is 4.90. The van der Waals surface area contributed by atoms with Crippen LogP contribution < -0.4 is 16.8 Å². The van der Waals surface area contributed by atoms with Gasteiger partial charge < -0.3 is 16.8 Å². The molecule has 6 nitrogen and oxygen atoms in total. The van der Waals surface area contributed by atoms with Crippen molar-refractivity contribution in [2.24, 2.45) is 0 Å². The number of carbonyl (C=O) groups is 1. The summed E-state index contributed by atoms with van der Waals surface area (Å²) in [6, 6.07) is 13.5. The molecule has 1 atom stereocenters. The first-order chi connectivity index (χ1) is 14.0. The molecule has 0 aliphatic rings. The molecule has 4 aromatic rings. The molecule has 0 saturated carbocycles. The summed E-state index contributed by atoms with van der Waals surface area (Å²) >= 11 is 2.69. The predicted octanol–water partition coefficient (Wildman–Crippen LogP) is 4.55. The van der Waals surface area contributed by atoms with Crippen molar-refractivity contribution >= 4 is 50.3 Å². The van der Waals surface area contributed by atoms with E-state index in [0.29, 0.717) is 26.3 Å². The fourth-order valence-electron chi connectivity index (χ4n) is 3.23. The number of anilines is 2. The van der Waals surface area contributed by atoms with Gasteiger partial charge in [-0.2, -0.15) is 16.6 Å². The number of pyridine rings is 1. The van der Waals surface area contributed by atoms with Gasteiger partial charge in [-0.3, -0.25) is 4.79 Å². The number of nitrogens with one attached hydrogen (secondary N) is 1. The highest BCUT2D eigenvalue weighted by Crippen LogP contribution is 2.43. The van der Waals surface area contributed by atoms with E-state index < -0.39 is 0 Å². The number of carbonyl (C=O) groups excluding carboxylic acids is 1. The van der Waals surface area contributed by atoms with Crippen LogP contribution in [0, 0.1) is 11.3 Å². The van der Waals surface area contributed by atoms with Gasteiger partial charge >= 0.3 is 0 Å². The second-order valence-electron chi connectivity index (χ2n) is 6.50. The van der Waals surface area contributed by atoms with Gasteiger partial charge in [0, 0.05) is 10.9 Å². The Labute approximate surface area is 175 Å². The molecule has 1 unspecified atom stereocenters. The van der Waals surface area contributed by atoms with E-state index in [1.54, 1.807) is 0 Å². The van der Waals surface area contributed by atoms with E-state index in [2.05, 4.69) is 16.4 Å². The Morgan fingerprint density at radius 3 is 2.66 bits per heavy atom. The van der Waals surface area contributed by atoms with Crippen LogP contribution in [-0.4, -0.2) is 10.9 Å². The summed E-state index contributed by atoms with van der Waals surface area (Å²) in [5, 5.41) is 17.0. The van der Waals surface area contributed by atoms with Crippen molar-refractivity contribution in [1.82, 2.24) is 10.3 Å². The molecule has 0 saturated heterocycles. The van der Waals surface area contributed by atoms with Gasteiger partial charge in [-0.15, -0.1) is 11.3 Å². The monoisotopic (exact) mass is 419 g/mol. The molecule has 29 heavy (non-hydrogen) atoms. The molecule has 0 aliphatic carbocycles. The Morgan fingerprint density at radius 2 is 2.00 bits per heavy atom. The molecule has 5 N–H and O–H groups in total. The number of thiophene rings is 2. The zero-order valence-corrected chi connectivity index (χ0v) is 17.1. The number of hydrogen-bond donors (Lipinski definition) is 3. The van der Waals surface area contributed by atoms with Crippen molar-refractivity contribution in [1.29, 1.82) is 5.26 Å². The zero-order valence-electron chi connectivity index (χ0n) is 15.5. The lowest BCUT2D eigenvalue weighted by Gasteiger charge is -2.13. The molecule has 0 aliphatic heterocycles. The zero-order chi connectivity index (χ0) is 20.5. The summed E-state index contributed by atoms with van der Waals surface area (Å²) in [6.07, 6.45) is 0. The summed E-state index contributed by atoms with van der Waals surface area (Å²) in [6.45, 7) is 1.91. The third-order valence-corrected chi connectivity index (χ3v) is 6.46. The Balaban J connectivity index is 1.81. The number of nitrogens with zero attached hydrogens (tertiary/aromatic N) is 2. The van der Waals surface area contributed by atoms with Gasteiger partial charge in [-0.25, -0.2) is 4.98 Å². The highest BCUT2D eigenvalue weighted by Gasteiger charge is 2.25. The minimum Gasteiger partial charge on any atom is -0.397 e. The Bertz CT molecular complexity index is 1240. The summed E-state index contributed by atoms with van der Waals surface area (Å²) in [4.78, 5) is 18.2. The van der Waals surface area contributed by atoms with Gasteiger partial charge in [0.05, 0.1) is 11.7 Å². The van der Waals surface area contributed by atoms with Crippen LogP contribution in [0.2, 0.25) is 0 Å². The molecule has 0 fully saturated rings. The number of nitrogen functional groups attached to an aromatic ring is 2. The number of hydrogen-bond acceptors (Lipinski definition) is 7. The van der Waals surface area contributed by atoms with E-state index in [-0.39, 0.29) is 23.3 Å². The van der Waals surface area contributed by atoms with Crippen molar-refractivity contribution in [3.8, 4) is 17.2 Å². The van der Waals surface area contributed by atoms with Crippen LogP contribution in [0.15, 0.2) is 47.2 Å². The van der Waals surface area contributed by atoms with E-state index in [0.717, 1.165) is 11.1 Å². The average Bonchev–Trinajstić information content (AvgIpc) is 3.36. The molecule has 4 rings (SSSR count). The minimum atomic E-state index is -0.282. The van der Waals surface area contributed by atoms with E-state index in [9.17, 15) is 10.1 Å². The Kier molecular flexibility index (Phi) is 4.92. The molecule has 0 radical (unpaired) electrons. The fraction of sp³-hybridized carbons (Fsp3) is 0.0952. The number of fused-ring (bicyclic) bond motifs is 1. The standard InChI is InChI=1S/C21H17N5OS2/c1-11(12-5-3-2-4-6-12)25-20(27)18-17(23)16-15(13-7-8-28-10-13)14(9-22)19(24)26-21(16)29-18/h2-8,10-11H,23H2,1H3,(H2,24,26)(H,25,27). The first-order valence-corrected chi connectivity index (χ1v) is 10.6. The lowest BCUT2D eigenvalue weighted by atomic mass is 9.99. The predicted molar refractivity (Wildman–Crippen MR) is 119 cm³/mol. The van der Waals surface area contributed by atoms with Crippen molar-refractivity contribution in [3.05, 3.63) is 63.2 Å². The van der Waals surface area contributed by atoms with Crippen LogP contribution in [0.25, 0.3) is 21.3 Å². The van der Waals surface area contributed by atoms with E-state index in [1.165, 1.54) is 22.7 Å². The number of nitrogens with two attached hydrogens (primary N) is 2. The number of rotatable bonds is 4. The third kappa shape index (κ3) is 3.31. The first-order valence-electron chi connectivity index (χ1n) is 8.81. The van der Waals surface area contributed by atoms with Crippen molar-refractivity contribution in [2.45, 2.75) is 13.0 Å². The molecule has 0 spiro atoms. The van der Waals surface area contributed by atoms with Crippen molar-refractivity contribution in [3.63, 3.8) is 0 Å². The van der Waals surface area contributed by atoms with Gasteiger partial charge in [0.2, 0.25) is 0 Å². The van der Waals surface area contributed by atoms with Gasteiger partial charge in [0.1, 0.15) is 27.2 Å². The van der Waals surface area contributed by atoms with Gasteiger partial charge in [-0.1, -0.05) is 30.3 Å². The van der Waals surface area contributed by atoms with Crippen LogP contribution >= 0.6 is 22.7 Å². The second kappa shape index (κ2) is 7.54. The van der Waals surface area contributed by atoms with Crippen LogP contribution in [-0.2, 0) is 0 Å². The maximum Gasteiger partial charge on any atom is 0.264 e. The van der Waals surface area contributed by atoms with Crippen LogP contribution in [0.4, 0.5) is 11.5 Å². The summed E-state index contributed by atoms with van der Waals surface area (Å²) in [7, 11) is 0. The summed E-state index contributed by atoms with van der Waals surface area (Å²) in [5.74, 6) is -0.151. The smallest absolute Gasteiger partial charge is 0.264 e. The van der Waals surface area contributed by atoms with Crippen LogP contribution in [0.3, 0.4) is 0 Å². The third-order valence-electron chi connectivity index (χ3n) is 4.68. The molecular weight excluding hydrogens is 402 g/mol. The lowest BCUT2D eigenvalue weighted by Crippen LogP contribution is -2.26. The van der Waals surface area contributed by atoms with Crippen LogP contribution in [0.1, 0.15) is 33.8 Å². The Hall–Kier alpha value is -3.41. The van der Waals surface area contributed by atoms with E-state index in [1.807, 2.05) is 54.1 Å². The summed E-state index contributed by atoms with van der Waals surface area (Å²) < 4.78 is 0. The molecule has 3 heterocycles. The number of amides is 1. The molecule has 3 aromatic heterocycles. The average molecular weight is 420 g/mol. The maximum atomic E-state index is 13.0. The highest BCUT2D eigenvalue weighted by molar-refractivity contribution is 7.21. The van der Waals surface area contributed by atoms with E-state index >= 15 is 0 Å². The normalized spacial score (nSPS) is 11.9. The molecule has 1 aromatic carbocycles. The molecule has 8 heteroatoms. The summed E-state index contributed by atoms with van der Waals surface area (Å²) in [5.41, 5.74) is 15.5. The first kappa shape index (κ1) is 18.9. The minimum absolute atomic E-state index is 0.132. The Morgan fingerprint density at radius 1 is 1.24 bits per heavy atom. The van der Waals surface area contributed by atoms with Gasteiger partial charge in [-0.05, 0) is 34.9 Å². The van der Waals surface area contributed by atoms with Crippen molar-refractivity contribution in [2.75, 3.05) is 11.5 Å². The number of nitriles is 1.